The van der Waals surface area contributed by atoms with Crippen LogP contribution in [0.3, 0.4) is 0 Å². The van der Waals surface area contributed by atoms with Crippen LogP contribution < -0.4 is 0 Å². The molecule has 2 heterocycles. The summed E-state index contributed by atoms with van der Waals surface area (Å²) >= 11 is 1.80. The zero-order valence-corrected chi connectivity index (χ0v) is 17.6. The van der Waals surface area contributed by atoms with Gasteiger partial charge in [-0.05, 0) is 24.0 Å². The van der Waals surface area contributed by atoms with Crippen LogP contribution in [0.1, 0.15) is 30.4 Å². The summed E-state index contributed by atoms with van der Waals surface area (Å²) < 4.78 is 0. The first-order valence-corrected chi connectivity index (χ1v) is 11.3. The third kappa shape index (κ3) is 4.54. The molecule has 0 radical (unpaired) electrons. The van der Waals surface area contributed by atoms with Gasteiger partial charge in [0.05, 0.1) is 12.1 Å². The number of carboxylic acids is 1. The molecule has 5 nitrogen and oxygen atoms in total. The first-order chi connectivity index (χ1) is 14.6. The van der Waals surface area contributed by atoms with Gasteiger partial charge in [-0.25, -0.2) is 4.79 Å². The molecule has 0 spiro atoms. The molecule has 2 aliphatic rings. The van der Waals surface area contributed by atoms with Crippen LogP contribution in [0.25, 0.3) is 0 Å². The summed E-state index contributed by atoms with van der Waals surface area (Å²) in [7, 11) is 0. The van der Waals surface area contributed by atoms with Crippen LogP contribution in [0, 0.1) is 0 Å². The predicted molar refractivity (Wildman–Crippen MR) is 119 cm³/mol. The summed E-state index contributed by atoms with van der Waals surface area (Å²) in [6.07, 6.45) is 3.67. The normalized spacial score (nSPS) is 22.0. The van der Waals surface area contributed by atoms with E-state index in [4.69, 9.17) is 5.11 Å². The van der Waals surface area contributed by atoms with E-state index in [9.17, 15) is 9.59 Å². The molecule has 2 fully saturated rings. The van der Waals surface area contributed by atoms with Crippen molar-refractivity contribution in [3.63, 3.8) is 0 Å². The summed E-state index contributed by atoms with van der Waals surface area (Å²) in [5.74, 6) is 0.111. The van der Waals surface area contributed by atoms with Crippen molar-refractivity contribution in [2.24, 2.45) is 0 Å². The summed E-state index contributed by atoms with van der Waals surface area (Å²) in [5.41, 5.74) is 2.25. The van der Waals surface area contributed by atoms with Gasteiger partial charge in [-0.1, -0.05) is 66.7 Å². The van der Waals surface area contributed by atoms with E-state index in [1.807, 2.05) is 46.2 Å². The zero-order valence-electron chi connectivity index (χ0n) is 16.8. The smallest absolute Gasteiger partial charge is 0.321 e. The molecule has 156 valence electrons. The number of aliphatic carboxylic acids is 1. The minimum atomic E-state index is -0.763. The van der Waals surface area contributed by atoms with Crippen LogP contribution in [0.15, 0.2) is 71.6 Å². The Bertz CT molecular complexity index is 917. The van der Waals surface area contributed by atoms with Gasteiger partial charge < -0.3 is 14.9 Å². The van der Waals surface area contributed by atoms with Gasteiger partial charge in [0.2, 0.25) is 0 Å². The van der Waals surface area contributed by atoms with Crippen molar-refractivity contribution in [1.82, 2.24) is 9.80 Å². The number of carboxylic acid groups (broad SMARTS) is 1. The minimum Gasteiger partial charge on any atom is -0.481 e. The highest BCUT2D eigenvalue weighted by molar-refractivity contribution is 8.03. The predicted octanol–water partition coefficient (Wildman–Crippen LogP) is 4.75. The number of unbranched alkanes of at least 4 members (excludes halogenated alkanes) is 1. The van der Waals surface area contributed by atoms with Crippen molar-refractivity contribution >= 4 is 23.8 Å². The Labute approximate surface area is 181 Å². The van der Waals surface area contributed by atoms with Crippen LogP contribution in [0.2, 0.25) is 0 Å². The van der Waals surface area contributed by atoms with E-state index in [-0.39, 0.29) is 24.5 Å². The largest absolute Gasteiger partial charge is 0.481 e. The molecule has 2 aromatic carbocycles. The molecule has 0 aliphatic carbocycles. The summed E-state index contributed by atoms with van der Waals surface area (Å²) in [6, 6.07) is 20.5. The summed E-state index contributed by atoms with van der Waals surface area (Å²) in [4.78, 5) is 29.4. The molecule has 2 atom stereocenters. The number of amides is 2. The van der Waals surface area contributed by atoms with Crippen LogP contribution in [0.5, 0.6) is 0 Å². The molecule has 2 saturated heterocycles. The fourth-order valence-electron chi connectivity index (χ4n) is 4.18. The Morgan fingerprint density at radius 1 is 1.00 bits per heavy atom. The Balaban J connectivity index is 1.56. The van der Waals surface area contributed by atoms with Crippen molar-refractivity contribution in [1.29, 1.82) is 0 Å². The molecule has 4 rings (SSSR count). The number of hydrogen-bond acceptors (Lipinski definition) is 3. The quantitative estimate of drug-likeness (QED) is 0.493. The summed E-state index contributed by atoms with van der Waals surface area (Å²) in [6.45, 7) is 1.19. The minimum absolute atomic E-state index is 0.0382. The maximum absolute atomic E-state index is 13.4. The van der Waals surface area contributed by atoms with E-state index >= 15 is 0 Å². The third-order valence-corrected chi connectivity index (χ3v) is 6.89. The molecule has 2 amide bonds. The van der Waals surface area contributed by atoms with Gasteiger partial charge in [-0.15, -0.1) is 11.8 Å². The standard InChI is InChI=1S/C24H26N2O3S/c27-22(28)14-8-7-13-21-23-20(17-30-21)25(15-18-9-3-1-4-10-18)24(29)26(23)16-19-11-5-2-6-12-19/h1-6,9-13,20,23H,7-8,14-17H2,(H,27,28)/b21-13+/t20-,23-/m1/s1. The van der Waals surface area contributed by atoms with Gasteiger partial charge in [0.25, 0.3) is 0 Å². The fourth-order valence-corrected chi connectivity index (χ4v) is 5.60. The molecule has 2 aromatic rings. The topological polar surface area (TPSA) is 60.9 Å². The molecule has 30 heavy (non-hydrogen) atoms. The van der Waals surface area contributed by atoms with E-state index < -0.39 is 5.97 Å². The van der Waals surface area contributed by atoms with Crippen LogP contribution in [-0.2, 0) is 17.9 Å². The third-order valence-electron chi connectivity index (χ3n) is 5.64. The van der Waals surface area contributed by atoms with E-state index in [1.165, 1.54) is 4.91 Å². The second-order valence-corrected chi connectivity index (χ2v) is 8.82. The Morgan fingerprint density at radius 2 is 1.60 bits per heavy atom. The van der Waals surface area contributed by atoms with Gasteiger partial charge in [-0.2, -0.15) is 0 Å². The number of hydrogen-bond donors (Lipinski definition) is 1. The number of thioether (sulfide) groups is 1. The van der Waals surface area contributed by atoms with Gasteiger partial charge in [-0.3, -0.25) is 4.79 Å². The number of carbonyl (C=O) groups is 2. The molecule has 0 unspecified atom stereocenters. The maximum atomic E-state index is 13.4. The first-order valence-electron chi connectivity index (χ1n) is 10.3. The highest BCUT2D eigenvalue weighted by Gasteiger charge is 2.50. The zero-order chi connectivity index (χ0) is 20.9. The van der Waals surface area contributed by atoms with Gasteiger partial charge in [0, 0.05) is 30.2 Å². The fraction of sp³-hybridized carbons (Fsp3) is 0.333. The number of rotatable bonds is 8. The SMILES string of the molecule is O=C(O)CCC/C=C1/SC[C@@H]2[C@H]1N(Cc1ccccc1)C(=O)N2Cc1ccccc1. The Morgan fingerprint density at radius 3 is 2.20 bits per heavy atom. The number of urea groups is 1. The van der Waals surface area contributed by atoms with Crippen LogP contribution in [0.4, 0.5) is 4.79 Å². The Kier molecular flexibility index (Phi) is 6.43. The number of allylic oxidation sites excluding steroid dienone is 1. The molecular formula is C24H26N2O3S. The van der Waals surface area contributed by atoms with Gasteiger partial charge >= 0.3 is 12.0 Å². The van der Waals surface area contributed by atoms with E-state index in [0.717, 1.165) is 23.3 Å². The molecular weight excluding hydrogens is 396 g/mol. The Hall–Kier alpha value is -2.73. The number of nitrogens with zero attached hydrogens (tertiary/aromatic N) is 2. The first kappa shape index (κ1) is 20.5. The lowest BCUT2D eigenvalue weighted by molar-refractivity contribution is -0.137. The van der Waals surface area contributed by atoms with Crippen LogP contribution >= 0.6 is 11.8 Å². The lowest BCUT2D eigenvalue weighted by atomic mass is 10.1. The highest BCUT2D eigenvalue weighted by atomic mass is 32.2. The molecule has 2 aliphatic heterocycles. The van der Waals surface area contributed by atoms with Crippen molar-refractivity contribution < 1.29 is 14.7 Å². The summed E-state index contributed by atoms with van der Waals surface area (Å²) in [5, 5.41) is 8.89. The van der Waals surface area contributed by atoms with Crippen molar-refractivity contribution in [2.45, 2.75) is 44.4 Å². The number of carbonyl (C=O) groups excluding carboxylic acids is 1. The van der Waals surface area contributed by atoms with Gasteiger partial charge in [0.1, 0.15) is 0 Å². The second kappa shape index (κ2) is 9.39. The number of benzene rings is 2. The highest BCUT2D eigenvalue weighted by Crippen LogP contribution is 2.43. The molecule has 6 heteroatoms. The second-order valence-electron chi connectivity index (χ2n) is 7.73. The average molecular weight is 423 g/mol. The van der Waals surface area contributed by atoms with Crippen molar-refractivity contribution in [3.05, 3.63) is 82.8 Å². The van der Waals surface area contributed by atoms with E-state index in [1.54, 1.807) is 11.8 Å². The average Bonchev–Trinajstić information content (AvgIpc) is 3.27. The lowest BCUT2D eigenvalue weighted by Crippen LogP contribution is -2.35. The molecule has 0 bridgehead atoms. The molecule has 1 N–H and O–H groups in total. The van der Waals surface area contributed by atoms with E-state index in [2.05, 4.69) is 30.3 Å². The van der Waals surface area contributed by atoms with Crippen LogP contribution in [-0.4, -0.2) is 44.7 Å². The maximum Gasteiger partial charge on any atom is 0.321 e. The molecule has 0 aromatic heterocycles. The van der Waals surface area contributed by atoms with E-state index in [0.29, 0.717) is 19.5 Å². The van der Waals surface area contributed by atoms with Crippen molar-refractivity contribution in [3.8, 4) is 0 Å². The number of fused-ring (bicyclic) bond motifs is 1. The van der Waals surface area contributed by atoms with Gasteiger partial charge in [0.15, 0.2) is 0 Å². The lowest BCUT2D eigenvalue weighted by Gasteiger charge is -2.23. The van der Waals surface area contributed by atoms with Crippen molar-refractivity contribution in [2.75, 3.05) is 5.75 Å². The molecule has 0 saturated carbocycles. The monoisotopic (exact) mass is 422 g/mol.